The van der Waals surface area contributed by atoms with Gasteiger partial charge in [0.25, 0.3) is 0 Å². The van der Waals surface area contributed by atoms with Gasteiger partial charge >= 0.3 is 5.97 Å². The van der Waals surface area contributed by atoms with Crippen molar-refractivity contribution in [3.63, 3.8) is 0 Å². The van der Waals surface area contributed by atoms with Crippen LogP contribution < -0.4 is 9.64 Å². The van der Waals surface area contributed by atoms with Crippen LogP contribution in [-0.2, 0) is 4.79 Å². The minimum Gasteiger partial charge on any atom is -0.480 e. The molecule has 2 heterocycles. The lowest BCUT2D eigenvalue weighted by Crippen LogP contribution is -2.37. The van der Waals surface area contributed by atoms with Crippen molar-refractivity contribution in [2.24, 2.45) is 0 Å². The second-order valence-corrected chi connectivity index (χ2v) is 4.46. The molecule has 0 bridgehead atoms. The van der Waals surface area contributed by atoms with E-state index in [0.29, 0.717) is 23.9 Å². The molecule has 7 nitrogen and oxygen atoms in total. The van der Waals surface area contributed by atoms with Crippen LogP contribution in [0.5, 0.6) is 5.88 Å². The van der Waals surface area contributed by atoms with Gasteiger partial charge < -0.3 is 19.8 Å². The third kappa shape index (κ3) is 2.60. The molecule has 0 aromatic carbocycles. The third-order valence-corrected chi connectivity index (χ3v) is 3.13. The molecule has 1 fully saturated rings. The summed E-state index contributed by atoms with van der Waals surface area (Å²) in [6, 6.07) is -0.766. The van der Waals surface area contributed by atoms with Gasteiger partial charge in [-0.05, 0) is 13.8 Å². The topological polar surface area (TPSA) is 95.8 Å². The van der Waals surface area contributed by atoms with Gasteiger partial charge in [0.2, 0.25) is 5.88 Å². The Morgan fingerprint density at radius 3 is 2.95 bits per heavy atom. The number of β-amino-alcohol motifs (C(OH)–C–C–N with tert-alkyl or cyclic N) is 1. The molecule has 2 N–H and O–H groups in total. The Kier molecular flexibility index (Phi) is 3.84. The Hall–Kier alpha value is -1.89. The van der Waals surface area contributed by atoms with Crippen molar-refractivity contribution < 1.29 is 19.7 Å². The molecular formula is C12H17N3O4. The van der Waals surface area contributed by atoms with Crippen molar-refractivity contribution in [3.05, 3.63) is 11.9 Å². The van der Waals surface area contributed by atoms with Gasteiger partial charge in [-0.2, -0.15) is 0 Å². The first-order valence-electron chi connectivity index (χ1n) is 6.16. The zero-order chi connectivity index (χ0) is 14.0. The molecule has 0 aliphatic carbocycles. The Bertz CT molecular complexity index is 480. The first-order chi connectivity index (χ1) is 9.04. The number of aliphatic hydroxyl groups excluding tert-OH is 1. The Labute approximate surface area is 110 Å². The molecule has 1 aliphatic heterocycles. The average molecular weight is 267 g/mol. The number of aliphatic hydroxyl groups is 1. The molecule has 0 saturated carbocycles. The molecule has 1 aliphatic rings. The molecule has 2 unspecified atom stereocenters. The van der Waals surface area contributed by atoms with E-state index in [1.807, 2.05) is 6.92 Å². The lowest BCUT2D eigenvalue weighted by molar-refractivity contribution is -0.138. The zero-order valence-corrected chi connectivity index (χ0v) is 10.9. The van der Waals surface area contributed by atoms with Gasteiger partial charge in [-0.25, -0.2) is 14.8 Å². The molecule has 2 atom stereocenters. The monoisotopic (exact) mass is 267 g/mol. The number of carboxylic acid groups (broad SMARTS) is 1. The SMILES string of the molecule is CCOc1ncnc(N2CC(O)CC2C(=O)O)c1C. The molecule has 0 spiro atoms. The highest BCUT2D eigenvalue weighted by Crippen LogP contribution is 2.30. The lowest BCUT2D eigenvalue weighted by atomic mass is 10.2. The summed E-state index contributed by atoms with van der Waals surface area (Å²) in [4.78, 5) is 21.0. The molecule has 0 radical (unpaired) electrons. The second-order valence-electron chi connectivity index (χ2n) is 4.46. The Morgan fingerprint density at radius 1 is 1.58 bits per heavy atom. The summed E-state index contributed by atoms with van der Waals surface area (Å²) in [7, 11) is 0. The fourth-order valence-electron chi connectivity index (χ4n) is 2.28. The fourth-order valence-corrected chi connectivity index (χ4v) is 2.28. The number of aliphatic carboxylic acids is 1. The highest BCUT2D eigenvalue weighted by atomic mass is 16.5. The Morgan fingerprint density at radius 2 is 2.32 bits per heavy atom. The summed E-state index contributed by atoms with van der Waals surface area (Å²) in [5.74, 6) is -0.0204. The highest BCUT2D eigenvalue weighted by molar-refractivity contribution is 5.79. The molecule has 1 aromatic heterocycles. The van der Waals surface area contributed by atoms with E-state index in [9.17, 15) is 15.0 Å². The maximum atomic E-state index is 11.2. The number of hydrogen-bond acceptors (Lipinski definition) is 6. The summed E-state index contributed by atoms with van der Waals surface area (Å²) in [6.07, 6.45) is 0.880. The number of rotatable bonds is 4. The molecule has 7 heteroatoms. The maximum Gasteiger partial charge on any atom is 0.326 e. The average Bonchev–Trinajstić information content (AvgIpc) is 2.74. The minimum absolute atomic E-state index is 0.197. The first kappa shape index (κ1) is 13.5. The summed E-state index contributed by atoms with van der Waals surface area (Å²) < 4.78 is 5.37. The van der Waals surface area contributed by atoms with Crippen LogP contribution in [0, 0.1) is 6.92 Å². The molecule has 2 rings (SSSR count). The van der Waals surface area contributed by atoms with E-state index in [-0.39, 0.29) is 13.0 Å². The molecular weight excluding hydrogens is 250 g/mol. The van der Waals surface area contributed by atoms with Crippen LogP contribution in [0.15, 0.2) is 6.33 Å². The van der Waals surface area contributed by atoms with Gasteiger partial charge in [-0.1, -0.05) is 0 Å². The predicted octanol–water partition coefficient (Wildman–Crippen LogP) is 0.208. The van der Waals surface area contributed by atoms with Gasteiger partial charge in [0.15, 0.2) is 0 Å². The normalized spacial score (nSPS) is 22.6. The lowest BCUT2D eigenvalue weighted by Gasteiger charge is -2.24. The van der Waals surface area contributed by atoms with Gasteiger partial charge in [-0.3, -0.25) is 0 Å². The standard InChI is InChI=1S/C12H17N3O4/c1-3-19-11-7(2)10(13-6-14-11)15-5-8(16)4-9(15)12(17)18/h6,8-9,16H,3-5H2,1-2H3,(H,17,18). The number of aromatic nitrogens is 2. The number of hydrogen-bond donors (Lipinski definition) is 2. The van der Waals surface area contributed by atoms with E-state index in [2.05, 4.69) is 9.97 Å². The molecule has 0 amide bonds. The minimum atomic E-state index is -0.965. The number of anilines is 1. The molecule has 104 valence electrons. The number of ether oxygens (including phenoxy) is 1. The summed E-state index contributed by atoms with van der Waals surface area (Å²) in [5.41, 5.74) is 0.685. The first-order valence-corrected chi connectivity index (χ1v) is 6.16. The van der Waals surface area contributed by atoms with E-state index in [0.717, 1.165) is 0 Å². The van der Waals surface area contributed by atoms with Crippen molar-refractivity contribution >= 4 is 11.8 Å². The van der Waals surface area contributed by atoms with E-state index < -0.39 is 18.1 Å². The van der Waals surface area contributed by atoms with E-state index in [1.54, 1.807) is 11.8 Å². The summed E-state index contributed by atoms with van der Waals surface area (Å²) >= 11 is 0. The largest absolute Gasteiger partial charge is 0.480 e. The molecule has 19 heavy (non-hydrogen) atoms. The van der Waals surface area contributed by atoms with Crippen molar-refractivity contribution in [1.82, 2.24) is 9.97 Å². The van der Waals surface area contributed by atoms with Crippen molar-refractivity contribution in [1.29, 1.82) is 0 Å². The van der Waals surface area contributed by atoms with Gasteiger partial charge in [0, 0.05) is 13.0 Å². The quantitative estimate of drug-likeness (QED) is 0.804. The highest BCUT2D eigenvalue weighted by Gasteiger charge is 2.37. The predicted molar refractivity (Wildman–Crippen MR) is 67.3 cm³/mol. The smallest absolute Gasteiger partial charge is 0.326 e. The van der Waals surface area contributed by atoms with Gasteiger partial charge in [0.05, 0.1) is 18.3 Å². The van der Waals surface area contributed by atoms with Crippen LogP contribution in [0.4, 0.5) is 5.82 Å². The fraction of sp³-hybridized carbons (Fsp3) is 0.583. The van der Waals surface area contributed by atoms with Gasteiger partial charge in [0.1, 0.15) is 18.2 Å². The third-order valence-electron chi connectivity index (χ3n) is 3.13. The van der Waals surface area contributed by atoms with Crippen LogP contribution in [0.3, 0.4) is 0 Å². The number of carbonyl (C=O) groups is 1. The second kappa shape index (κ2) is 5.40. The van der Waals surface area contributed by atoms with Crippen LogP contribution >= 0.6 is 0 Å². The zero-order valence-electron chi connectivity index (χ0n) is 10.9. The number of carboxylic acids is 1. The number of nitrogens with zero attached hydrogens (tertiary/aromatic N) is 3. The van der Waals surface area contributed by atoms with E-state index >= 15 is 0 Å². The van der Waals surface area contributed by atoms with Crippen molar-refractivity contribution in [2.45, 2.75) is 32.4 Å². The van der Waals surface area contributed by atoms with Crippen LogP contribution in [0.25, 0.3) is 0 Å². The van der Waals surface area contributed by atoms with Crippen LogP contribution in [0.2, 0.25) is 0 Å². The molecule has 1 saturated heterocycles. The van der Waals surface area contributed by atoms with Crippen LogP contribution in [-0.4, -0.2) is 51.4 Å². The van der Waals surface area contributed by atoms with Crippen molar-refractivity contribution in [2.75, 3.05) is 18.1 Å². The van der Waals surface area contributed by atoms with Crippen molar-refractivity contribution in [3.8, 4) is 5.88 Å². The summed E-state index contributed by atoms with van der Waals surface area (Å²) in [6.45, 7) is 4.35. The molecule has 1 aromatic rings. The van der Waals surface area contributed by atoms with Gasteiger partial charge in [-0.15, -0.1) is 0 Å². The maximum absolute atomic E-state index is 11.2. The summed E-state index contributed by atoms with van der Waals surface area (Å²) in [5, 5.41) is 18.9. The van der Waals surface area contributed by atoms with E-state index in [1.165, 1.54) is 6.33 Å². The van der Waals surface area contributed by atoms with Crippen LogP contribution in [0.1, 0.15) is 18.9 Å². The Balaban J connectivity index is 2.35. The van der Waals surface area contributed by atoms with E-state index in [4.69, 9.17) is 4.74 Å².